The lowest BCUT2D eigenvalue weighted by atomic mass is 10.0. The summed E-state index contributed by atoms with van der Waals surface area (Å²) in [4.78, 5) is 17.9. The normalized spacial score (nSPS) is 28.4. The van der Waals surface area contributed by atoms with Gasteiger partial charge in [-0.1, -0.05) is 11.6 Å². The van der Waals surface area contributed by atoms with Crippen LogP contribution in [0.4, 0.5) is 0 Å². The van der Waals surface area contributed by atoms with E-state index in [2.05, 4.69) is 16.9 Å². The summed E-state index contributed by atoms with van der Waals surface area (Å²) in [5.41, 5.74) is 0.723. The van der Waals surface area contributed by atoms with Gasteiger partial charge in [-0.05, 0) is 50.9 Å². The van der Waals surface area contributed by atoms with Crippen molar-refractivity contribution in [1.29, 1.82) is 0 Å². The molecule has 1 aromatic heterocycles. The van der Waals surface area contributed by atoms with Gasteiger partial charge in [0.05, 0.1) is 5.02 Å². The summed E-state index contributed by atoms with van der Waals surface area (Å²) >= 11 is 8.49. The molecule has 1 N–H and O–H groups in total. The zero-order valence-corrected chi connectivity index (χ0v) is 14.1. The Morgan fingerprint density at radius 1 is 1.18 bits per heavy atom. The number of pyridine rings is 1. The van der Waals surface area contributed by atoms with Gasteiger partial charge < -0.3 is 9.88 Å². The molecule has 116 valence electrons. The number of benzene rings is 1. The van der Waals surface area contributed by atoms with Gasteiger partial charge in [0.15, 0.2) is 0 Å². The molecule has 2 atom stereocenters. The molecule has 0 radical (unpaired) electrons. The van der Waals surface area contributed by atoms with Crippen LogP contribution in [0.2, 0.25) is 5.02 Å². The largest absolute Gasteiger partial charge is 0.322 e. The van der Waals surface area contributed by atoms with Crippen LogP contribution in [0.5, 0.6) is 0 Å². The number of H-pyrrole nitrogens is 1. The summed E-state index contributed by atoms with van der Waals surface area (Å²) in [5, 5.41) is 2.35. The molecule has 2 bridgehead atoms. The van der Waals surface area contributed by atoms with Gasteiger partial charge in [0.2, 0.25) is 5.56 Å². The van der Waals surface area contributed by atoms with Gasteiger partial charge in [-0.15, -0.1) is 11.8 Å². The van der Waals surface area contributed by atoms with Crippen molar-refractivity contribution in [2.45, 2.75) is 47.9 Å². The van der Waals surface area contributed by atoms with Gasteiger partial charge in [-0.2, -0.15) is 0 Å². The molecule has 2 aliphatic rings. The Kier molecular flexibility index (Phi) is 3.71. The van der Waals surface area contributed by atoms with E-state index in [4.69, 9.17) is 11.6 Å². The smallest absolute Gasteiger partial charge is 0.248 e. The fourth-order valence-electron chi connectivity index (χ4n) is 3.91. The van der Waals surface area contributed by atoms with E-state index in [1.807, 2.05) is 30.0 Å². The first-order valence-electron chi connectivity index (χ1n) is 7.82. The minimum atomic E-state index is -0.0872. The second kappa shape index (κ2) is 5.59. The Morgan fingerprint density at radius 2 is 1.91 bits per heavy atom. The molecule has 0 saturated carbocycles. The Morgan fingerprint density at radius 3 is 2.64 bits per heavy atom. The molecule has 2 aromatic rings. The van der Waals surface area contributed by atoms with Crippen LogP contribution in [0, 0.1) is 0 Å². The van der Waals surface area contributed by atoms with Crippen LogP contribution in [-0.4, -0.2) is 34.3 Å². The molecule has 2 aliphatic heterocycles. The first-order chi connectivity index (χ1) is 10.6. The zero-order valence-electron chi connectivity index (χ0n) is 12.5. The highest BCUT2D eigenvalue weighted by molar-refractivity contribution is 8.00. The minimum Gasteiger partial charge on any atom is -0.322 e. The van der Waals surface area contributed by atoms with E-state index in [1.54, 1.807) is 6.07 Å². The number of nitrogens with one attached hydrogen (secondary N) is 1. The number of thioether (sulfide) groups is 1. The predicted molar refractivity (Wildman–Crippen MR) is 93.0 cm³/mol. The molecule has 3 nitrogen and oxygen atoms in total. The number of hydrogen-bond donors (Lipinski definition) is 1. The standard InChI is InChI=1S/C17H19ClN2OS/c1-20-10-2-3-11(20)9-12(8-10)22-15-6-5-14-13(17(15)18)4-7-16(21)19-14/h4-7,10-12H,2-3,8-9H2,1H3,(H,19,21). The highest BCUT2D eigenvalue weighted by Crippen LogP contribution is 2.43. The van der Waals surface area contributed by atoms with Crippen LogP contribution < -0.4 is 5.56 Å². The van der Waals surface area contributed by atoms with Gasteiger partial charge >= 0.3 is 0 Å². The molecular weight excluding hydrogens is 316 g/mol. The van der Waals surface area contributed by atoms with Crippen LogP contribution >= 0.6 is 23.4 Å². The van der Waals surface area contributed by atoms with Crippen LogP contribution in [0.3, 0.4) is 0 Å². The maximum atomic E-state index is 11.4. The zero-order chi connectivity index (χ0) is 15.3. The lowest BCUT2D eigenvalue weighted by Crippen LogP contribution is -2.40. The number of hydrogen-bond acceptors (Lipinski definition) is 3. The quantitative estimate of drug-likeness (QED) is 0.904. The van der Waals surface area contributed by atoms with Gasteiger partial charge in [-0.3, -0.25) is 4.79 Å². The third kappa shape index (κ3) is 2.47. The summed E-state index contributed by atoms with van der Waals surface area (Å²) in [6.07, 6.45) is 5.17. The molecule has 4 rings (SSSR count). The van der Waals surface area contributed by atoms with E-state index in [-0.39, 0.29) is 5.56 Å². The lowest BCUT2D eigenvalue weighted by molar-refractivity contribution is 0.183. The molecule has 2 saturated heterocycles. The third-order valence-electron chi connectivity index (χ3n) is 5.15. The minimum absolute atomic E-state index is 0.0872. The monoisotopic (exact) mass is 334 g/mol. The Bertz CT molecular complexity index is 761. The maximum Gasteiger partial charge on any atom is 0.248 e. The highest BCUT2D eigenvalue weighted by Gasteiger charge is 2.38. The summed E-state index contributed by atoms with van der Waals surface area (Å²) in [7, 11) is 2.27. The number of fused-ring (bicyclic) bond motifs is 3. The molecule has 0 amide bonds. The lowest BCUT2D eigenvalue weighted by Gasteiger charge is -2.36. The second-order valence-corrected chi connectivity index (χ2v) is 8.14. The van der Waals surface area contributed by atoms with E-state index in [0.717, 1.165) is 32.9 Å². The number of aromatic amines is 1. The summed E-state index contributed by atoms with van der Waals surface area (Å²) < 4.78 is 0. The van der Waals surface area contributed by atoms with E-state index in [9.17, 15) is 4.79 Å². The fourth-order valence-corrected chi connectivity index (χ4v) is 5.62. The highest BCUT2D eigenvalue weighted by atomic mass is 35.5. The van der Waals surface area contributed by atoms with Crippen molar-refractivity contribution in [2.24, 2.45) is 0 Å². The van der Waals surface area contributed by atoms with Crippen molar-refractivity contribution in [3.63, 3.8) is 0 Å². The van der Waals surface area contributed by atoms with Crippen LogP contribution in [0.1, 0.15) is 25.7 Å². The molecule has 2 fully saturated rings. The Balaban J connectivity index is 1.61. The van der Waals surface area contributed by atoms with E-state index < -0.39 is 0 Å². The number of halogens is 1. The first kappa shape index (κ1) is 14.6. The van der Waals surface area contributed by atoms with Crippen LogP contribution in [0.15, 0.2) is 34.0 Å². The Labute approximate surface area is 139 Å². The summed E-state index contributed by atoms with van der Waals surface area (Å²) in [6.45, 7) is 0. The molecule has 2 unspecified atom stereocenters. The van der Waals surface area contributed by atoms with Gasteiger partial charge in [-0.25, -0.2) is 0 Å². The average molecular weight is 335 g/mol. The van der Waals surface area contributed by atoms with E-state index in [0.29, 0.717) is 5.25 Å². The first-order valence-corrected chi connectivity index (χ1v) is 9.08. The number of rotatable bonds is 2. The fraction of sp³-hybridized carbons (Fsp3) is 0.471. The SMILES string of the molecule is CN1C2CCC1CC(Sc1ccc3[nH]c(=O)ccc3c1Cl)C2. The van der Waals surface area contributed by atoms with Crippen molar-refractivity contribution in [1.82, 2.24) is 9.88 Å². The molecule has 1 aromatic carbocycles. The number of aromatic nitrogens is 1. The van der Waals surface area contributed by atoms with Crippen LogP contribution in [-0.2, 0) is 0 Å². The maximum absolute atomic E-state index is 11.4. The molecule has 5 heteroatoms. The molecule has 0 spiro atoms. The van der Waals surface area contributed by atoms with Crippen molar-refractivity contribution in [3.8, 4) is 0 Å². The summed E-state index contributed by atoms with van der Waals surface area (Å²) in [6, 6.07) is 8.86. The van der Waals surface area contributed by atoms with Crippen LogP contribution in [0.25, 0.3) is 10.9 Å². The number of nitrogens with zero attached hydrogens (tertiary/aromatic N) is 1. The van der Waals surface area contributed by atoms with Crippen molar-refractivity contribution >= 4 is 34.3 Å². The van der Waals surface area contributed by atoms with Crippen molar-refractivity contribution in [3.05, 3.63) is 39.6 Å². The van der Waals surface area contributed by atoms with Gasteiger partial charge in [0, 0.05) is 39.2 Å². The third-order valence-corrected chi connectivity index (χ3v) is 6.98. The molecular formula is C17H19ClN2OS. The Hall–Kier alpha value is -0.970. The molecule has 3 heterocycles. The average Bonchev–Trinajstić information content (AvgIpc) is 2.73. The predicted octanol–water partition coefficient (Wildman–Crippen LogP) is 3.90. The van der Waals surface area contributed by atoms with E-state index >= 15 is 0 Å². The van der Waals surface area contributed by atoms with Crippen molar-refractivity contribution < 1.29 is 0 Å². The number of piperidine rings is 1. The van der Waals surface area contributed by atoms with Crippen molar-refractivity contribution in [2.75, 3.05) is 7.05 Å². The topological polar surface area (TPSA) is 36.1 Å². The molecule has 0 aliphatic carbocycles. The second-order valence-electron chi connectivity index (χ2n) is 6.42. The molecule has 22 heavy (non-hydrogen) atoms. The van der Waals surface area contributed by atoms with E-state index in [1.165, 1.54) is 25.7 Å². The summed E-state index contributed by atoms with van der Waals surface area (Å²) in [5.74, 6) is 0. The van der Waals surface area contributed by atoms with Gasteiger partial charge in [0.25, 0.3) is 0 Å². The van der Waals surface area contributed by atoms with Gasteiger partial charge in [0.1, 0.15) is 0 Å².